The molecule has 4 heteroatoms. The van der Waals surface area contributed by atoms with Crippen LogP contribution in [-0.2, 0) is 0 Å². The highest BCUT2D eigenvalue weighted by Gasteiger charge is 2.10. The third-order valence-electron chi connectivity index (χ3n) is 2.04. The number of hydrogen-bond donors (Lipinski definition) is 3. The summed E-state index contributed by atoms with van der Waals surface area (Å²) in [5, 5.41) is 0. The molecule has 0 radical (unpaired) electrons. The summed E-state index contributed by atoms with van der Waals surface area (Å²) in [5.41, 5.74) is 10.3. The first kappa shape index (κ1) is 9.95. The van der Waals surface area contributed by atoms with Crippen LogP contribution in [0.4, 0.5) is 5.69 Å². The van der Waals surface area contributed by atoms with E-state index in [0.29, 0.717) is 0 Å². The van der Waals surface area contributed by atoms with Gasteiger partial charge in [-0.15, -0.1) is 0 Å². The molecule has 0 fully saturated rings. The first-order chi connectivity index (χ1) is 6.29. The molecule has 0 spiro atoms. The van der Waals surface area contributed by atoms with E-state index in [1.807, 2.05) is 0 Å². The van der Waals surface area contributed by atoms with Gasteiger partial charge < -0.3 is 5.73 Å². The second kappa shape index (κ2) is 4.79. The SMILES string of the molecule is CCCC(NN)c1cnccc1N. The largest absolute Gasteiger partial charge is 0.398 e. The lowest BCUT2D eigenvalue weighted by Gasteiger charge is -2.16. The molecular formula is C9H16N4. The van der Waals surface area contributed by atoms with E-state index in [1.165, 1.54) is 0 Å². The van der Waals surface area contributed by atoms with Gasteiger partial charge in [-0.25, -0.2) is 0 Å². The minimum Gasteiger partial charge on any atom is -0.398 e. The molecule has 0 aromatic carbocycles. The van der Waals surface area contributed by atoms with Crippen LogP contribution in [0.2, 0.25) is 0 Å². The molecular weight excluding hydrogens is 164 g/mol. The van der Waals surface area contributed by atoms with Gasteiger partial charge in [-0.3, -0.25) is 16.3 Å². The molecule has 4 nitrogen and oxygen atoms in total. The number of rotatable bonds is 4. The van der Waals surface area contributed by atoms with Crippen LogP contribution in [0.1, 0.15) is 31.4 Å². The van der Waals surface area contributed by atoms with E-state index < -0.39 is 0 Å². The number of nitrogens with one attached hydrogen (secondary N) is 1. The first-order valence-electron chi connectivity index (χ1n) is 4.45. The van der Waals surface area contributed by atoms with Gasteiger partial charge in [0.25, 0.3) is 0 Å². The quantitative estimate of drug-likeness (QED) is 0.476. The van der Waals surface area contributed by atoms with Crippen molar-refractivity contribution in [2.75, 3.05) is 5.73 Å². The molecule has 1 heterocycles. The zero-order valence-electron chi connectivity index (χ0n) is 7.83. The van der Waals surface area contributed by atoms with Gasteiger partial charge in [-0.2, -0.15) is 0 Å². The van der Waals surface area contributed by atoms with Gasteiger partial charge in [0.2, 0.25) is 0 Å². The van der Waals surface area contributed by atoms with Gasteiger partial charge in [0.05, 0.1) is 0 Å². The van der Waals surface area contributed by atoms with E-state index >= 15 is 0 Å². The van der Waals surface area contributed by atoms with Crippen molar-refractivity contribution in [1.29, 1.82) is 0 Å². The van der Waals surface area contributed by atoms with Gasteiger partial charge in [-0.1, -0.05) is 13.3 Å². The van der Waals surface area contributed by atoms with E-state index in [-0.39, 0.29) is 6.04 Å². The Morgan fingerprint density at radius 3 is 2.92 bits per heavy atom. The minimum atomic E-state index is 0.110. The summed E-state index contributed by atoms with van der Waals surface area (Å²) in [4.78, 5) is 4.02. The normalized spacial score (nSPS) is 12.8. The first-order valence-corrected chi connectivity index (χ1v) is 4.45. The average molecular weight is 180 g/mol. The van der Waals surface area contributed by atoms with Gasteiger partial charge in [-0.05, 0) is 12.5 Å². The lowest BCUT2D eigenvalue weighted by Crippen LogP contribution is -2.28. The third-order valence-corrected chi connectivity index (χ3v) is 2.04. The summed E-state index contributed by atoms with van der Waals surface area (Å²) in [7, 11) is 0. The minimum absolute atomic E-state index is 0.110. The Balaban J connectivity index is 2.84. The Bertz CT molecular complexity index is 262. The number of nitrogen functional groups attached to an aromatic ring is 1. The van der Waals surface area contributed by atoms with Gasteiger partial charge in [0.15, 0.2) is 0 Å². The van der Waals surface area contributed by atoms with E-state index in [1.54, 1.807) is 18.5 Å². The highest BCUT2D eigenvalue weighted by Crippen LogP contribution is 2.21. The standard InChI is InChI=1S/C9H16N4/c1-2-3-9(13-11)7-6-12-5-4-8(7)10/h4-6,9,13H,2-3,11H2,1H3,(H2,10,12). The molecule has 0 aliphatic rings. The van der Waals surface area contributed by atoms with Crippen LogP contribution in [0, 0.1) is 0 Å². The number of anilines is 1. The predicted molar refractivity (Wildman–Crippen MR) is 53.6 cm³/mol. The molecule has 1 aromatic rings. The smallest absolute Gasteiger partial charge is 0.0495 e. The fourth-order valence-corrected chi connectivity index (χ4v) is 1.33. The number of pyridine rings is 1. The van der Waals surface area contributed by atoms with Gasteiger partial charge >= 0.3 is 0 Å². The fraction of sp³-hybridized carbons (Fsp3) is 0.444. The van der Waals surface area contributed by atoms with E-state index in [9.17, 15) is 0 Å². The van der Waals surface area contributed by atoms with Crippen LogP contribution in [0.3, 0.4) is 0 Å². The van der Waals surface area contributed by atoms with Crippen molar-refractivity contribution < 1.29 is 0 Å². The van der Waals surface area contributed by atoms with Crippen molar-refractivity contribution in [3.8, 4) is 0 Å². The second-order valence-corrected chi connectivity index (χ2v) is 3.01. The summed E-state index contributed by atoms with van der Waals surface area (Å²) in [5.74, 6) is 5.43. The van der Waals surface area contributed by atoms with Crippen molar-refractivity contribution in [3.63, 3.8) is 0 Å². The van der Waals surface area contributed by atoms with Crippen LogP contribution in [-0.4, -0.2) is 4.98 Å². The van der Waals surface area contributed by atoms with E-state index in [4.69, 9.17) is 11.6 Å². The Hall–Kier alpha value is -1.13. The zero-order chi connectivity index (χ0) is 9.68. The van der Waals surface area contributed by atoms with Crippen LogP contribution in [0.15, 0.2) is 18.5 Å². The number of aromatic nitrogens is 1. The Kier molecular flexibility index (Phi) is 3.67. The molecule has 0 bridgehead atoms. The molecule has 0 aliphatic heterocycles. The predicted octanol–water partition coefficient (Wildman–Crippen LogP) is 0.968. The van der Waals surface area contributed by atoms with Gasteiger partial charge in [0, 0.05) is 29.7 Å². The van der Waals surface area contributed by atoms with Crippen LogP contribution < -0.4 is 17.0 Å². The molecule has 1 unspecified atom stereocenters. The number of nitrogens with two attached hydrogens (primary N) is 2. The number of hydrogen-bond acceptors (Lipinski definition) is 4. The maximum Gasteiger partial charge on any atom is 0.0495 e. The van der Waals surface area contributed by atoms with Crippen molar-refractivity contribution >= 4 is 5.69 Å². The van der Waals surface area contributed by atoms with E-state index in [2.05, 4.69) is 17.3 Å². The summed E-state index contributed by atoms with van der Waals surface area (Å²) in [6.07, 6.45) is 5.46. The van der Waals surface area contributed by atoms with Crippen molar-refractivity contribution in [3.05, 3.63) is 24.0 Å². The van der Waals surface area contributed by atoms with Crippen LogP contribution >= 0.6 is 0 Å². The Labute approximate surface area is 78.3 Å². The highest BCUT2D eigenvalue weighted by molar-refractivity contribution is 5.46. The molecule has 13 heavy (non-hydrogen) atoms. The van der Waals surface area contributed by atoms with Crippen molar-refractivity contribution in [2.24, 2.45) is 5.84 Å². The molecule has 5 N–H and O–H groups in total. The third kappa shape index (κ3) is 2.40. The maximum atomic E-state index is 5.79. The summed E-state index contributed by atoms with van der Waals surface area (Å²) >= 11 is 0. The zero-order valence-corrected chi connectivity index (χ0v) is 7.83. The van der Waals surface area contributed by atoms with Crippen molar-refractivity contribution in [2.45, 2.75) is 25.8 Å². The summed E-state index contributed by atoms with van der Waals surface area (Å²) < 4.78 is 0. The maximum absolute atomic E-state index is 5.79. The molecule has 1 rings (SSSR count). The van der Waals surface area contributed by atoms with Crippen molar-refractivity contribution in [1.82, 2.24) is 10.4 Å². The summed E-state index contributed by atoms with van der Waals surface area (Å²) in [6, 6.07) is 1.90. The molecule has 0 amide bonds. The van der Waals surface area contributed by atoms with Crippen LogP contribution in [0.25, 0.3) is 0 Å². The van der Waals surface area contributed by atoms with E-state index in [0.717, 1.165) is 24.1 Å². The number of nitrogens with zero attached hydrogens (tertiary/aromatic N) is 1. The Morgan fingerprint density at radius 1 is 1.62 bits per heavy atom. The fourth-order valence-electron chi connectivity index (χ4n) is 1.33. The average Bonchev–Trinajstić information content (AvgIpc) is 2.16. The lowest BCUT2D eigenvalue weighted by atomic mass is 10.0. The second-order valence-electron chi connectivity index (χ2n) is 3.01. The molecule has 1 atom stereocenters. The molecule has 1 aromatic heterocycles. The Morgan fingerprint density at radius 2 is 2.38 bits per heavy atom. The topological polar surface area (TPSA) is 77.0 Å². The molecule has 72 valence electrons. The molecule has 0 aliphatic carbocycles. The van der Waals surface area contributed by atoms with Gasteiger partial charge in [0.1, 0.15) is 0 Å². The molecule has 0 saturated heterocycles. The van der Waals surface area contributed by atoms with Crippen LogP contribution in [0.5, 0.6) is 0 Å². The highest BCUT2D eigenvalue weighted by atomic mass is 15.2. The molecule has 0 saturated carbocycles. The monoisotopic (exact) mass is 180 g/mol. The summed E-state index contributed by atoms with van der Waals surface area (Å²) in [6.45, 7) is 2.11. The lowest BCUT2D eigenvalue weighted by molar-refractivity contribution is 0.510. The number of hydrazine groups is 1.